The number of nitrogens with zero attached hydrogens (tertiary/aromatic N) is 1. The van der Waals surface area contributed by atoms with Crippen molar-refractivity contribution in [3.8, 4) is 0 Å². The Hall–Kier alpha value is -1.95. The van der Waals surface area contributed by atoms with Crippen molar-refractivity contribution in [2.45, 2.75) is 6.54 Å². The number of nitrogens with one attached hydrogen (secondary N) is 1. The van der Waals surface area contributed by atoms with Crippen molar-refractivity contribution < 1.29 is 9.13 Å². The van der Waals surface area contributed by atoms with Crippen LogP contribution < -0.4 is 11.2 Å². The van der Waals surface area contributed by atoms with E-state index in [0.29, 0.717) is 0 Å². The van der Waals surface area contributed by atoms with Crippen LogP contribution in [0.1, 0.15) is 0 Å². The number of aromatic amines is 1. The summed E-state index contributed by atoms with van der Waals surface area (Å²) in [7, 11) is 1.48. The van der Waals surface area contributed by atoms with Gasteiger partial charge in [-0.15, -0.1) is 0 Å². The third-order valence-corrected chi connectivity index (χ3v) is 2.46. The van der Waals surface area contributed by atoms with Crippen LogP contribution in [0.2, 0.25) is 0 Å². The normalized spacial score (nSPS) is 10.9. The summed E-state index contributed by atoms with van der Waals surface area (Å²) in [6, 6.07) is 3.66. The summed E-state index contributed by atoms with van der Waals surface area (Å²) in [4.78, 5) is 26.0. The Morgan fingerprint density at radius 3 is 2.88 bits per heavy atom. The van der Waals surface area contributed by atoms with Gasteiger partial charge in [0.25, 0.3) is 5.56 Å². The topological polar surface area (TPSA) is 64.1 Å². The van der Waals surface area contributed by atoms with Gasteiger partial charge in [-0.1, -0.05) is 0 Å². The van der Waals surface area contributed by atoms with Gasteiger partial charge in [-0.3, -0.25) is 9.36 Å². The van der Waals surface area contributed by atoms with E-state index in [4.69, 9.17) is 4.74 Å². The van der Waals surface area contributed by atoms with E-state index in [-0.39, 0.29) is 24.1 Å². The number of fused-ring (bicyclic) bond motifs is 1. The monoisotopic (exact) mass is 238 g/mol. The molecular formula is C11H11FN2O3. The summed E-state index contributed by atoms with van der Waals surface area (Å²) >= 11 is 0. The summed E-state index contributed by atoms with van der Waals surface area (Å²) in [5.74, 6) is -0.498. The van der Waals surface area contributed by atoms with Gasteiger partial charge >= 0.3 is 5.69 Å². The van der Waals surface area contributed by atoms with Crippen LogP contribution in [0.5, 0.6) is 0 Å². The van der Waals surface area contributed by atoms with E-state index in [1.54, 1.807) is 0 Å². The van der Waals surface area contributed by atoms with Gasteiger partial charge in [0.2, 0.25) is 0 Å². The molecular weight excluding hydrogens is 227 g/mol. The Morgan fingerprint density at radius 2 is 2.18 bits per heavy atom. The standard InChI is InChI=1S/C11H11FN2O3/c1-17-5-4-14-10(15)8-3-2-7(12)6-9(8)13-11(14)16/h2-3,6H,4-5H2,1H3,(H,13,16). The fourth-order valence-electron chi connectivity index (χ4n) is 1.61. The largest absolute Gasteiger partial charge is 0.383 e. The van der Waals surface area contributed by atoms with Crippen LogP contribution in [0.15, 0.2) is 27.8 Å². The van der Waals surface area contributed by atoms with E-state index < -0.39 is 17.1 Å². The van der Waals surface area contributed by atoms with Gasteiger partial charge in [-0.25, -0.2) is 9.18 Å². The highest BCUT2D eigenvalue weighted by molar-refractivity contribution is 5.77. The number of benzene rings is 1. The van der Waals surface area contributed by atoms with Gasteiger partial charge in [0.1, 0.15) is 5.82 Å². The van der Waals surface area contributed by atoms with Crippen LogP contribution in [0.3, 0.4) is 0 Å². The lowest BCUT2D eigenvalue weighted by Crippen LogP contribution is -2.36. The summed E-state index contributed by atoms with van der Waals surface area (Å²) < 4.78 is 18.8. The van der Waals surface area contributed by atoms with Crippen molar-refractivity contribution in [2.24, 2.45) is 0 Å². The zero-order chi connectivity index (χ0) is 12.4. The van der Waals surface area contributed by atoms with Crippen LogP contribution in [0, 0.1) is 5.82 Å². The highest BCUT2D eigenvalue weighted by atomic mass is 19.1. The molecule has 5 nitrogen and oxygen atoms in total. The Morgan fingerprint density at radius 1 is 1.41 bits per heavy atom. The second-order valence-electron chi connectivity index (χ2n) is 3.57. The first-order valence-corrected chi connectivity index (χ1v) is 5.05. The van der Waals surface area contributed by atoms with Crippen LogP contribution in [-0.2, 0) is 11.3 Å². The summed E-state index contributed by atoms with van der Waals surface area (Å²) in [6.07, 6.45) is 0. The predicted molar refractivity (Wildman–Crippen MR) is 60.7 cm³/mol. The van der Waals surface area contributed by atoms with Crippen LogP contribution in [0.25, 0.3) is 10.9 Å². The van der Waals surface area contributed by atoms with Crippen molar-refractivity contribution >= 4 is 10.9 Å². The van der Waals surface area contributed by atoms with E-state index in [1.165, 1.54) is 19.2 Å². The molecule has 0 atom stereocenters. The number of rotatable bonds is 3. The molecule has 0 bridgehead atoms. The number of methoxy groups -OCH3 is 1. The first-order chi connectivity index (χ1) is 8.13. The smallest absolute Gasteiger partial charge is 0.328 e. The number of halogens is 1. The number of aromatic nitrogens is 2. The summed E-state index contributed by atoms with van der Waals surface area (Å²) in [5.41, 5.74) is -0.806. The number of hydrogen-bond donors (Lipinski definition) is 1. The zero-order valence-electron chi connectivity index (χ0n) is 9.20. The van der Waals surface area contributed by atoms with Gasteiger partial charge in [-0.05, 0) is 18.2 Å². The molecule has 90 valence electrons. The maximum atomic E-state index is 13.0. The molecule has 1 N–H and O–H groups in total. The number of H-pyrrole nitrogens is 1. The van der Waals surface area contributed by atoms with E-state index in [2.05, 4.69) is 4.98 Å². The number of ether oxygens (including phenoxy) is 1. The molecule has 1 aromatic carbocycles. The molecule has 0 aliphatic heterocycles. The molecule has 0 aliphatic rings. The zero-order valence-corrected chi connectivity index (χ0v) is 9.20. The fourth-order valence-corrected chi connectivity index (χ4v) is 1.61. The van der Waals surface area contributed by atoms with Gasteiger partial charge in [0.05, 0.1) is 24.1 Å². The van der Waals surface area contributed by atoms with Gasteiger partial charge in [-0.2, -0.15) is 0 Å². The lowest BCUT2D eigenvalue weighted by atomic mass is 10.2. The molecule has 0 fully saturated rings. The fraction of sp³-hybridized carbons (Fsp3) is 0.273. The minimum absolute atomic E-state index is 0.165. The molecule has 1 heterocycles. The lowest BCUT2D eigenvalue weighted by molar-refractivity contribution is 0.185. The molecule has 0 aliphatic carbocycles. The minimum atomic E-state index is -0.565. The van der Waals surface area contributed by atoms with Crippen LogP contribution in [0.4, 0.5) is 4.39 Å². The molecule has 17 heavy (non-hydrogen) atoms. The van der Waals surface area contributed by atoms with Crippen molar-refractivity contribution in [3.05, 3.63) is 44.9 Å². The average Bonchev–Trinajstić information content (AvgIpc) is 2.28. The Balaban J connectivity index is 2.68. The SMILES string of the molecule is COCCn1c(=O)[nH]c2cc(F)ccc2c1=O. The average molecular weight is 238 g/mol. The molecule has 6 heteroatoms. The molecule has 2 rings (SSSR count). The van der Waals surface area contributed by atoms with E-state index in [1.807, 2.05) is 0 Å². The molecule has 0 saturated heterocycles. The van der Waals surface area contributed by atoms with Crippen LogP contribution >= 0.6 is 0 Å². The highest BCUT2D eigenvalue weighted by Crippen LogP contribution is 2.07. The maximum Gasteiger partial charge on any atom is 0.328 e. The highest BCUT2D eigenvalue weighted by Gasteiger charge is 2.07. The molecule has 0 amide bonds. The van der Waals surface area contributed by atoms with E-state index >= 15 is 0 Å². The van der Waals surface area contributed by atoms with Gasteiger partial charge < -0.3 is 9.72 Å². The van der Waals surface area contributed by atoms with Gasteiger partial charge in [0, 0.05) is 7.11 Å². The maximum absolute atomic E-state index is 13.0. The van der Waals surface area contributed by atoms with E-state index in [9.17, 15) is 14.0 Å². The molecule has 0 spiro atoms. The minimum Gasteiger partial charge on any atom is -0.383 e. The Kier molecular flexibility index (Phi) is 3.06. The van der Waals surface area contributed by atoms with Crippen molar-refractivity contribution in [1.29, 1.82) is 0 Å². The third kappa shape index (κ3) is 2.12. The Labute approximate surface area is 95.5 Å². The molecule has 0 saturated carbocycles. The first-order valence-electron chi connectivity index (χ1n) is 5.05. The third-order valence-electron chi connectivity index (χ3n) is 2.46. The first kappa shape index (κ1) is 11.5. The molecule has 1 aromatic heterocycles. The van der Waals surface area contributed by atoms with Crippen LogP contribution in [-0.4, -0.2) is 23.3 Å². The second-order valence-corrected chi connectivity index (χ2v) is 3.57. The van der Waals surface area contributed by atoms with Crippen molar-refractivity contribution in [2.75, 3.05) is 13.7 Å². The second kappa shape index (κ2) is 4.50. The van der Waals surface area contributed by atoms with E-state index in [0.717, 1.165) is 10.6 Å². The van der Waals surface area contributed by atoms with Crippen molar-refractivity contribution in [3.63, 3.8) is 0 Å². The molecule has 0 unspecified atom stereocenters. The summed E-state index contributed by atoms with van der Waals surface area (Å²) in [5, 5.41) is 0.280. The van der Waals surface area contributed by atoms with Gasteiger partial charge in [0.15, 0.2) is 0 Å². The quantitative estimate of drug-likeness (QED) is 0.845. The predicted octanol–water partition coefficient (Wildman–Crippen LogP) is 0.475. The van der Waals surface area contributed by atoms with Crippen molar-refractivity contribution in [1.82, 2.24) is 9.55 Å². The summed E-state index contributed by atoms with van der Waals surface area (Å²) in [6.45, 7) is 0.424. The molecule has 2 aromatic rings. The lowest BCUT2D eigenvalue weighted by Gasteiger charge is -2.05. The number of hydrogen-bond acceptors (Lipinski definition) is 3. The Bertz CT molecular complexity index is 660. The molecule has 0 radical (unpaired) electrons.